The Morgan fingerprint density at radius 2 is 1.96 bits per heavy atom. The fourth-order valence-electron chi connectivity index (χ4n) is 3.06. The molecule has 0 atom stereocenters. The van der Waals surface area contributed by atoms with Gasteiger partial charge in [-0.2, -0.15) is 4.98 Å². The van der Waals surface area contributed by atoms with Crippen molar-refractivity contribution in [1.82, 2.24) is 9.97 Å². The van der Waals surface area contributed by atoms with Crippen LogP contribution in [0.25, 0.3) is 0 Å². The number of aromatic nitrogens is 2. The first-order valence-electron chi connectivity index (χ1n) is 8.66. The third-order valence-corrected chi connectivity index (χ3v) is 4.46. The molecule has 2 N–H and O–H groups in total. The number of aromatic hydroxyl groups is 1. The Kier molecular flexibility index (Phi) is 4.44. The molecule has 0 saturated heterocycles. The summed E-state index contributed by atoms with van der Waals surface area (Å²) >= 11 is 0. The van der Waals surface area contributed by atoms with Gasteiger partial charge in [0.05, 0.1) is 19.3 Å². The summed E-state index contributed by atoms with van der Waals surface area (Å²) < 4.78 is 5.19. The number of ether oxygens (including phenoxy) is 1. The monoisotopic (exact) mass is 377 g/mol. The Morgan fingerprint density at radius 1 is 1.18 bits per heavy atom. The number of rotatable bonds is 4. The highest BCUT2D eigenvalue weighted by atomic mass is 16.5. The molecular weight excluding hydrogens is 358 g/mol. The van der Waals surface area contributed by atoms with Crippen LogP contribution >= 0.6 is 0 Å². The molecule has 142 valence electrons. The van der Waals surface area contributed by atoms with Crippen LogP contribution in [0.3, 0.4) is 0 Å². The minimum Gasteiger partial charge on any atom is -0.508 e. The maximum absolute atomic E-state index is 12.9. The van der Waals surface area contributed by atoms with Gasteiger partial charge in [-0.05, 0) is 12.1 Å². The van der Waals surface area contributed by atoms with Crippen LogP contribution in [0, 0.1) is 0 Å². The number of carbonyl (C=O) groups excluding carboxylic acids is 1. The third-order valence-electron chi connectivity index (χ3n) is 4.46. The van der Waals surface area contributed by atoms with E-state index in [-0.39, 0.29) is 18.3 Å². The van der Waals surface area contributed by atoms with Crippen molar-refractivity contribution in [3.63, 3.8) is 0 Å². The number of nitrogens with zero attached hydrogens (tertiary/aromatic N) is 4. The van der Waals surface area contributed by atoms with Gasteiger partial charge >= 0.3 is 6.03 Å². The zero-order valence-corrected chi connectivity index (χ0v) is 15.5. The Hall–Kier alpha value is -3.81. The minimum atomic E-state index is -0.260. The summed E-state index contributed by atoms with van der Waals surface area (Å²) in [4.78, 5) is 24.8. The quantitative estimate of drug-likeness (QED) is 0.723. The van der Waals surface area contributed by atoms with Crippen LogP contribution in [0.15, 0.2) is 54.7 Å². The lowest BCUT2D eigenvalue weighted by atomic mass is 10.2. The molecule has 4 rings (SSSR count). The number of carbonyl (C=O) groups is 1. The lowest BCUT2D eigenvalue weighted by Gasteiger charge is -2.34. The van der Waals surface area contributed by atoms with Crippen molar-refractivity contribution in [3.8, 4) is 11.5 Å². The standard InChI is InChI=1S/C20H19N5O3/c1-24-18-13(11-21-19(23-18)22-14-6-4-3-5-7-14)12-25(20(24)27)15-8-16(26)10-17(9-15)28-2/h3-11,26H,12H2,1-2H3,(H,21,22,23). The number of methoxy groups -OCH3 is 1. The summed E-state index contributed by atoms with van der Waals surface area (Å²) in [6, 6.07) is 14.0. The number of amides is 2. The smallest absolute Gasteiger partial charge is 0.330 e. The lowest BCUT2D eigenvalue weighted by Crippen LogP contribution is -2.46. The second-order valence-electron chi connectivity index (χ2n) is 6.35. The van der Waals surface area contributed by atoms with Crippen molar-refractivity contribution in [3.05, 3.63) is 60.3 Å². The molecule has 28 heavy (non-hydrogen) atoms. The normalized spacial score (nSPS) is 13.3. The largest absolute Gasteiger partial charge is 0.508 e. The van der Waals surface area contributed by atoms with Gasteiger partial charge in [0, 0.05) is 42.7 Å². The molecular formula is C20H19N5O3. The van der Waals surface area contributed by atoms with Crippen LogP contribution in [-0.4, -0.2) is 35.3 Å². The maximum Gasteiger partial charge on any atom is 0.330 e. The average Bonchev–Trinajstić information content (AvgIpc) is 2.71. The van der Waals surface area contributed by atoms with Gasteiger partial charge in [0.2, 0.25) is 5.95 Å². The van der Waals surface area contributed by atoms with E-state index in [2.05, 4.69) is 15.3 Å². The van der Waals surface area contributed by atoms with Crippen LogP contribution < -0.4 is 19.9 Å². The molecule has 2 heterocycles. The van der Waals surface area contributed by atoms with Crippen LogP contribution in [0.2, 0.25) is 0 Å². The van der Waals surface area contributed by atoms with E-state index < -0.39 is 0 Å². The van der Waals surface area contributed by atoms with E-state index in [0.717, 1.165) is 11.3 Å². The summed E-state index contributed by atoms with van der Waals surface area (Å²) in [5.41, 5.74) is 2.19. The number of para-hydroxylation sites is 1. The molecule has 0 radical (unpaired) electrons. The van der Waals surface area contributed by atoms with Gasteiger partial charge in [0.1, 0.15) is 17.3 Å². The van der Waals surface area contributed by atoms with Gasteiger partial charge in [0.25, 0.3) is 0 Å². The molecule has 8 nitrogen and oxygen atoms in total. The summed E-state index contributed by atoms with van der Waals surface area (Å²) in [5.74, 6) is 1.45. The van der Waals surface area contributed by atoms with Crippen molar-refractivity contribution >= 4 is 29.2 Å². The zero-order valence-electron chi connectivity index (χ0n) is 15.5. The van der Waals surface area contributed by atoms with Gasteiger partial charge in [0.15, 0.2) is 0 Å². The third kappa shape index (κ3) is 3.27. The van der Waals surface area contributed by atoms with E-state index in [1.807, 2.05) is 30.3 Å². The van der Waals surface area contributed by atoms with Crippen LogP contribution in [0.5, 0.6) is 11.5 Å². The summed E-state index contributed by atoms with van der Waals surface area (Å²) in [5, 5.41) is 13.0. The van der Waals surface area contributed by atoms with E-state index in [0.29, 0.717) is 23.2 Å². The molecule has 1 aromatic heterocycles. The SMILES string of the molecule is COc1cc(O)cc(N2Cc3cnc(Nc4ccccc4)nc3N(C)C2=O)c1. The molecule has 1 aliphatic heterocycles. The first-order valence-corrected chi connectivity index (χ1v) is 8.66. The highest BCUT2D eigenvalue weighted by Gasteiger charge is 2.31. The van der Waals surface area contributed by atoms with Crippen molar-refractivity contribution in [2.45, 2.75) is 6.54 Å². The topological polar surface area (TPSA) is 90.8 Å². The van der Waals surface area contributed by atoms with Crippen molar-refractivity contribution in [2.75, 3.05) is 29.3 Å². The minimum absolute atomic E-state index is 0.0225. The molecule has 0 bridgehead atoms. The number of phenols is 1. The van der Waals surface area contributed by atoms with Crippen LogP contribution in [-0.2, 0) is 6.54 Å². The predicted octanol–water partition coefficient (Wildman–Crippen LogP) is 3.51. The number of anilines is 4. The molecule has 8 heteroatoms. The number of fused-ring (bicyclic) bond motifs is 1. The van der Waals surface area contributed by atoms with Crippen molar-refractivity contribution in [1.29, 1.82) is 0 Å². The van der Waals surface area contributed by atoms with Gasteiger partial charge in [-0.25, -0.2) is 9.78 Å². The van der Waals surface area contributed by atoms with Crippen molar-refractivity contribution < 1.29 is 14.6 Å². The number of urea groups is 1. The molecule has 0 fully saturated rings. The van der Waals surface area contributed by atoms with E-state index in [4.69, 9.17) is 4.74 Å². The first kappa shape index (κ1) is 17.6. The first-order chi connectivity index (χ1) is 13.5. The van der Waals surface area contributed by atoms with Gasteiger partial charge in [-0.15, -0.1) is 0 Å². The average molecular weight is 377 g/mol. The van der Waals surface area contributed by atoms with E-state index in [1.54, 1.807) is 19.3 Å². The molecule has 0 unspecified atom stereocenters. The molecule has 2 aromatic carbocycles. The maximum atomic E-state index is 12.9. The predicted molar refractivity (Wildman–Crippen MR) is 106 cm³/mol. The molecule has 2 amide bonds. The van der Waals surface area contributed by atoms with Gasteiger partial charge < -0.3 is 15.2 Å². The Bertz CT molecular complexity index is 1030. The van der Waals surface area contributed by atoms with Gasteiger partial charge in [-0.1, -0.05) is 18.2 Å². The second-order valence-corrected chi connectivity index (χ2v) is 6.35. The van der Waals surface area contributed by atoms with Crippen LogP contribution in [0.1, 0.15) is 5.56 Å². The number of benzene rings is 2. The Balaban J connectivity index is 1.65. The molecule has 3 aromatic rings. The van der Waals surface area contributed by atoms with Crippen LogP contribution in [0.4, 0.5) is 27.9 Å². The van der Waals surface area contributed by atoms with E-state index in [9.17, 15) is 9.90 Å². The number of phenolic OH excluding ortho intramolecular Hbond substituents is 1. The highest BCUT2D eigenvalue weighted by molar-refractivity contribution is 6.05. The van der Waals surface area contributed by atoms with E-state index in [1.165, 1.54) is 29.0 Å². The molecule has 0 aliphatic carbocycles. The fraction of sp³-hybridized carbons (Fsp3) is 0.150. The summed E-state index contributed by atoms with van der Waals surface area (Å²) in [7, 11) is 3.17. The second kappa shape index (κ2) is 7.07. The number of hydrogen-bond acceptors (Lipinski definition) is 6. The summed E-state index contributed by atoms with van der Waals surface area (Å²) in [6.45, 7) is 0.288. The molecule has 0 spiro atoms. The van der Waals surface area contributed by atoms with Gasteiger partial charge in [-0.3, -0.25) is 9.80 Å². The molecule has 1 aliphatic rings. The fourth-order valence-corrected chi connectivity index (χ4v) is 3.06. The molecule has 0 saturated carbocycles. The van der Waals surface area contributed by atoms with Crippen molar-refractivity contribution in [2.24, 2.45) is 0 Å². The number of hydrogen-bond donors (Lipinski definition) is 2. The Labute approximate surface area is 162 Å². The number of nitrogens with one attached hydrogen (secondary N) is 1. The lowest BCUT2D eigenvalue weighted by molar-refractivity contribution is 0.251. The highest BCUT2D eigenvalue weighted by Crippen LogP contribution is 2.34. The Morgan fingerprint density at radius 3 is 2.71 bits per heavy atom. The van der Waals surface area contributed by atoms with E-state index >= 15 is 0 Å². The zero-order chi connectivity index (χ0) is 19.7. The summed E-state index contributed by atoms with van der Waals surface area (Å²) in [6.07, 6.45) is 1.70.